The zero-order valence-corrected chi connectivity index (χ0v) is 7.44. The average Bonchev–Trinajstić information content (AvgIpc) is 2.37. The minimum Gasteiger partial charge on any atom is -0.353 e. The van der Waals surface area contributed by atoms with Crippen LogP contribution in [0.15, 0.2) is 4.99 Å². The van der Waals surface area contributed by atoms with Gasteiger partial charge in [-0.3, -0.25) is 0 Å². The van der Waals surface area contributed by atoms with Gasteiger partial charge in [-0.25, -0.2) is 4.79 Å². The summed E-state index contributed by atoms with van der Waals surface area (Å²) in [6.45, 7) is 0.973. The van der Waals surface area contributed by atoms with Crippen LogP contribution >= 0.6 is 11.8 Å². The van der Waals surface area contributed by atoms with E-state index in [4.69, 9.17) is 0 Å². The summed E-state index contributed by atoms with van der Waals surface area (Å²) >= 11 is 1.61. The van der Waals surface area contributed by atoms with Gasteiger partial charge in [-0.2, -0.15) is 4.99 Å². The van der Waals surface area contributed by atoms with Crippen molar-refractivity contribution in [2.75, 3.05) is 26.4 Å². The van der Waals surface area contributed by atoms with Crippen LogP contribution in [-0.4, -0.2) is 42.5 Å². The molecule has 1 aliphatic rings. The molecular formula is C6H11N3OS. The third kappa shape index (κ3) is 2.11. The molecule has 1 fully saturated rings. The number of nitrogens with one attached hydrogen (secondary N) is 1. The molecule has 2 amide bonds. The lowest BCUT2D eigenvalue weighted by atomic mass is 10.7. The largest absolute Gasteiger partial charge is 0.353 e. The topological polar surface area (TPSA) is 44.7 Å². The summed E-state index contributed by atoms with van der Waals surface area (Å²) in [5.41, 5.74) is 0. The lowest BCUT2D eigenvalue weighted by Gasteiger charge is -2.08. The molecule has 0 bridgehead atoms. The van der Waals surface area contributed by atoms with Gasteiger partial charge in [0.2, 0.25) is 0 Å². The maximum absolute atomic E-state index is 10.8. The van der Waals surface area contributed by atoms with Crippen LogP contribution in [0.2, 0.25) is 0 Å². The number of nitrogens with zero attached hydrogens (tertiary/aromatic N) is 2. The number of rotatable bonds is 0. The zero-order valence-electron chi connectivity index (χ0n) is 6.63. The predicted octanol–water partition coefficient (Wildman–Crippen LogP) is 0.360. The molecular weight excluding hydrogens is 162 g/mol. The Bertz CT molecular complexity index is 192. The minimum atomic E-state index is -0.277. The fraction of sp³-hybridized carbons (Fsp3) is 0.667. The monoisotopic (exact) mass is 173 g/mol. The molecule has 11 heavy (non-hydrogen) atoms. The number of amidine groups is 1. The highest BCUT2D eigenvalue weighted by Gasteiger charge is 2.15. The summed E-state index contributed by atoms with van der Waals surface area (Å²) in [6.07, 6.45) is 0. The van der Waals surface area contributed by atoms with Gasteiger partial charge < -0.3 is 10.2 Å². The Kier molecular flexibility index (Phi) is 2.76. The van der Waals surface area contributed by atoms with E-state index < -0.39 is 0 Å². The van der Waals surface area contributed by atoms with Crippen LogP contribution in [0, 0.1) is 0 Å². The van der Waals surface area contributed by atoms with Gasteiger partial charge in [0.15, 0.2) is 5.17 Å². The predicted molar refractivity (Wildman–Crippen MR) is 47.0 cm³/mol. The second-order valence-electron chi connectivity index (χ2n) is 2.22. The molecule has 1 rings (SSSR count). The Balaban J connectivity index is 2.57. The molecule has 0 unspecified atom stereocenters. The second-order valence-corrected chi connectivity index (χ2v) is 3.28. The number of carbonyl (C=O) groups excluding carboxylic acids is 1. The number of amides is 2. The Morgan fingerprint density at radius 2 is 2.55 bits per heavy atom. The SMILES string of the molecule is CNC(=O)/N=C1\SCCN1C. The highest BCUT2D eigenvalue weighted by Crippen LogP contribution is 2.15. The molecule has 5 heteroatoms. The van der Waals surface area contributed by atoms with Gasteiger partial charge in [0.05, 0.1) is 0 Å². The van der Waals surface area contributed by atoms with Crippen LogP contribution in [0.5, 0.6) is 0 Å². The van der Waals surface area contributed by atoms with Crippen LogP contribution < -0.4 is 5.32 Å². The lowest BCUT2D eigenvalue weighted by molar-refractivity contribution is 0.251. The Morgan fingerprint density at radius 1 is 1.82 bits per heavy atom. The summed E-state index contributed by atoms with van der Waals surface area (Å²) in [5.74, 6) is 1.02. The van der Waals surface area contributed by atoms with Crippen LogP contribution in [0.3, 0.4) is 0 Å². The van der Waals surface area contributed by atoms with Crippen molar-refractivity contribution in [3.05, 3.63) is 0 Å². The highest BCUT2D eigenvalue weighted by molar-refractivity contribution is 8.14. The molecule has 0 aromatic rings. The van der Waals surface area contributed by atoms with Gasteiger partial charge >= 0.3 is 6.03 Å². The molecule has 0 atom stereocenters. The first-order valence-corrected chi connectivity index (χ1v) is 4.37. The molecule has 0 aromatic carbocycles. The number of hydrogen-bond acceptors (Lipinski definition) is 2. The summed E-state index contributed by atoms with van der Waals surface area (Å²) < 4.78 is 0. The molecule has 0 aliphatic carbocycles. The molecule has 62 valence electrons. The van der Waals surface area contributed by atoms with Crippen molar-refractivity contribution >= 4 is 23.0 Å². The third-order valence-electron chi connectivity index (χ3n) is 1.40. The summed E-state index contributed by atoms with van der Waals surface area (Å²) in [5, 5.41) is 3.26. The summed E-state index contributed by atoms with van der Waals surface area (Å²) in [7, 11) is 3.51. The fourth-order valence-electron chi connectivity index (χ4n) is 0.740. The molecule has 0 saturated carbocycles. The van der Waals surface area contributed by atoms with Crippen LogP contribution in [0.1, 0.15) is 0 Å². The quantitative estimate of drug-likeness (QED) is 0.575. The average molecular weight is 173 g/mol. The first-order chi connectivity index (χ1) is 5.24. The summed E-state index contributed by atoms with van der Waals surface area (Å²) in [4.78, 5) is 16.6. The molecule has 1 N–H and O–H groups in total. The van der Waals surface area contributed by atoms with Crippen molar-refractivity contribution in [2.24, 2.45) is 4.99 Å². The molecule has 0 radical (unpaired) electrons. The van der Waals surface area contributed by atoms with Crippen molar-refractivity contribution in [1.29, 1.82) is 0 Å². The highest BCUT2D eigenvalue weighted by atomic mass is 32.2. The molecule has 1 heterocycles. The molecule has 1 saturated heterocycles. The van der Waals surface area contributed by atoms with E-state index in [0.717, 1.165) is 17.5 Å². The van der Waals surface area contributed by atoms with Crippen molar-refractivity contribution < 1.29 is 4.79 Å². The van der Waals surface area contributed by atoms with E-state index >= 15 is 0 Å². The summed E-state index contributed by atoms with van der Waals surface area (Å²) in [6, 6.07) is -0.277. The van der Waals surface area contributed by atoms with Gasteiger partial charge in [-0.15, -0.1) is 0 Å². The van der Waals surface area contributed by atoms with Crippen molar-refractivity contribution in [1.82, 2.24) is 10.2 Å². The van der Waals surface area contributed by atoms with Crippen LogP contribution in [0.4, 0.5) is 4.79 Å². The molecule has 0 spiro atoms. The van der Waals surface area contributed by atoms with E-state index in [-0.39, 0.29) is 6.03 Å². The molecule has 0 aromatic heterocycles. The van der Waals surface area contributed by atoms with Crippen molar-refractivity contribution in [2.45, 2.75) is 0 Å². The van der Waals surface area contributed by atoms with E-state index in [1.54, 1.807) is 18.8 Å². The van der Waals surface area contributed by atoms with Gasteiger partial charge in [0.1, 0.15) is 0 Å². The van der Waals surface area contributed by atoms with Crippen LogP contribution in [-0.2, 0) is 0 Å². The maximum Gasteiger partial charge on any atom is 0.343 e. The first-order valence-electron chi connectivity index (χ1n) is 3.38. The molecule has 4 nitrogen and oxygen atoms in total. The third-order valence-corrected chi connectivity index (χ3v) is 2.44. The zero-order chi connectivity index (χ0) is 8.27. The van der Waals surface area contributed by atoms with Gasteiger partial charge in [0, 0.05) is 26.4 Å². The van der Waals surface area contributed by atoms with Gasteiger partial charge in [0.25, 0.3) is 0 Å². The van der Waals surface area contributed by atoms with Gasteiger partial charge in [-0.1, -0.05) is 11.8 Å². The number of urea groups is 1. The Labute approximate surface area is 70.0 Å². The fourth-order valence-corrected chi connectivity index (χ4v) is 1.75. The number of carbonyl (C=O) groups is 1. The van der Waals surface area contributed by atoms with E-state index in [1.807, 2.05) is 11.9 Å². The number of aliphatic imine (C=N–C) groups is 1. The first kappa shape index (κ1) is 8.39. The normalized spacial score (nSPS) is 20.9. The minimum absolute atomic E-state index is 0.277. The lowest BCUT2D eigenvalue weighted by Crippen LogP contribution is -2.22. The van der Waals surface area contributed by atoms with Crippen molar-refractivity contribution in [3.63, 3.8) is 0 Å². The second kappa shape index (κ2) is 3.61. The van der Waals surface area contributed by atoms with E-state index in [0.29, 0.717) is 0 Å². The Morgan fingerprint density at radius 3 is 3.00 bits per heavy atom. The standard InChI is InChI=1S/C6H11N3OS/c1-7-5(10)8-6-9(2)3-4-11-6/h3-4H2,1-2H3,(H,7,10)/b8-6-. The van der Waals surface area contributed by atoms with E-state index in [2.05, 4.69) is 10.3 Å². The number of thioether (sulfide) groups is 1. The van der Waals surface area contributed by atoms with Crippen LogP contribution in [0.25, 0.3) is 0 Å². The Hall–Kier alpha value is -0.710. The van der Waals surface area contributed by atoms with E-state index in [9.17, 15) is 4.79 Å². The number of hydrogen-bond donors (Lipinski definition) is 1. The van der Waals surface area contributed by atoms with E-state index in [1.165, 1.54) is 0 Å². The molecule has 1 aliphatic heterocycles. The smallest absolute Gasteiger partial charge is 0.343 e. The van der Waals surface area contributed by atoms with Gasteiger partial charge in [-0.05, 0) is 0 Å². The maximum atomic E-state index is 10.8. The van der Waals surface area contributed by atoms with Crippen molar-refractivity contribution in [3.8, 4) is 0 Å².